The highest BCUT2D eigenvalue weighted by molar-refractivity contribution is 7.80. The van der Waals surface area contributed by atoms with E-state index in [0.717, 1.165) is 13.0 Å². The lowest BCUT2D eigenvalue weighted by molar-refractivity contribution is 1.10. The number of thiocarbonyl (C=S) groups is 1. The number of aryl methyl sites for hydroxylation is 2. The van der Waals surface area contributed by atoms with Gasteiger partial charge in [0.1, 0.15) is 0 Å². The molecule has 2 nitrogen and oxygen atoms in total. The van der Waals surface area contributed by atoms with Crippen molar-refractivity contribution >= 4 is 22.9 Å². The molecule has 0 radical (unpaired) electrons. The lowest BCUT2D eigenvalue weighted by Gasteiger charge is -2.09. The minimum Gasteiger partial charge on any atom is -0.393 e. The molecule has 0 atom stereocenters. The van der Waals surface area contributed by atoms with E-state index < -0.39 is 0 Å². The maximum atomic E-state index is 5.42. The molecule has 0 fully saturated rings. The molecular formula is C11H16N2S. The first kappa shape index (κ1) is 11.0. The molecule has 0 unspecified atom stereocenters. The molecule has 0 amide bonds. The number of nitrogens with one attached hydrogen (secondary N) is 1. The zero-order valence-corrected chi connectivity index (χ0v) is 9.45. The third-order valence-corrected chi connectivity index (χ3v) is 2.28. The monoisotopic (exact) mass is 208 g/mol. The molecule has 0 spiro atoms. The Bertz CT molecular complexity index is 334. The standard InChI is InChI=1S/C11H16N2S/c1-8-3-4-9(2)10(7-8)13-6-5-11(12)14/h3-4,7,13H,5-6H2,1-2H3,(H2,12,14). The summed E-state index contributed by atoms with van der Waals surface area (Å²) >= 11 is 4.81. The van der Waals surface area contributed by atoms with E-state index in [-0.39, 0.29) is 0 Å². The third kappa shape index (κ3) is 3.34. The molecule has 3 heteroatoms. The van der Waals surface area contributed by atoms with Crippen LogP contribution in [0, 0.1) is 13.8 Å². The summed E-state index contributed by atoms with van der Waals surface area (Å²) in [4.78, 5) is 0.558. The van der Waals surface area contributed by atoms with Crippen LogP contribution in [0.15, 0.2) is 18.2 Å². The summed E-state index contributed by atoms with van der Waals surface area (Å²) < 4.78 is 0. The fourth-order valence-electron chi connectivity index (χ4n) is 1.25. The molecule has 14 heavy (non-hydrogen) atoms. The Morgan fingerprint density at radius 3 is 2.79 bits per heavy atom. The number of nitrogens with two attached hydrogens (primary N) is 1. The summed E-state index contributed by atoms with van der Waals surface area (Å²) in [5.41, 5.74) is 9.09. The van der Waals surface area contributed by atoms with Gasteiger partial charge < -0.3 is 11.1 Å². The van der Waals surface area contributed by atoms with Crippen molar-refractivity contribution in [1.82, 2.24) is 0 Å². The molecular weight excluding hydrogens is 192 g/mol. The van der Waals surface area contributed by atoms with Gasteiger partial charge in [0.2, 0.25) is 0 Å². The highest BCUT2D eigenvalue weighted by Gasteiger charge is 1.97. The van der Waals surface area contributed by atoms with Gasteiger partial charge in [-0.25, -0.2) is 0 Å². The van der Waals surface area contributed by atoms with Gasteiger partial charge in [-0.15, -0.1) is 0 Å². The number of anilines is 1. The summed E-state index contributed by atoms with van der Waals surface area (Å²) in [6.07, 6.45) is 0.739. The van der Waals surface area contributed by atoms with Gasteiger partial charge in [-0.3, -0.25) is 0 Å². The predicted octanol–water partition coefficient (Wildman–Crippen LogP) is 2.39. The summed E-state index contributed by atoms with van der Waals surface area (Å²) in [7, 11) is 0. The minimum absolute atomic E-state index is 0.558. The van der Waals surface area contributed by atoms with Crippen LogP contribution in [0.2, 0.25) is 0 Å². The zero-order chi connectivity index (χ0) is 10.6. The molecule has 0 aliphatic heterocycles. The van der Waals surface area contributed by atoms with Crippen molar-refractivity contribution in [1.29, 1.82) is 0 Å². The van der Waals surface area contributed by atoms with Crippen LogP contribution in [-0.2, 0) is 0 Å². The molecule has 0 aliphatic carbocycles. The Morgan fingerprint density at radius 1 is 1.43 bits per heavy atom. The van der Waals surface area contributed by atoms with Crippen LogP contribution in [0.3, 0.4) is 0 Å². The summed E-state index contributed by atoms with van der Waals surface area (Å²) in [5.74, 6) is 0. The van der Waals surface area contributed by atoms with Crippen LogP contribution in [0.25, 0.3) is 0 Å². The number of rotatable bonds is 4. The van der Waals surface area contributed by atoms with Crippen molar-refractivity contribution in [2.45, 2.75) is 20.3 Å². The van der Waals surface area contributed by atoms with Crippen molar-refractivity contribution < 1.29 is 0 Å². The largest absolute Gasteiger partial charge is 0.393 e. The second-order valence-corrected chi connectivity index (χ2v) is 3.99. The molecule has 0 saturated heterocycles. The van der Waals surface area contributed by atoms with Gasteiger partial charge in [-0.2, -0.15) is 0 Å². The second kappa shape index (κ2) is 4.96. The highest BCUT2D eigenvalue weighted by atomic mass is 32.1. The first-order valence-electron chi connectivity index (χ1n) is 4.69. The summed E-state index contributed by atoms with van der Waals surface area (Å²) in [6.45, 7) is 4.97. The fourth-order valence-corrected chi connectivity index (χ4v) is 1.35. The van der Waals surface area contributed by atoms with Gasteiger partial charge in [0, 0.05) is 18.7 Å². The minimum atomic E-state index is 0.558. The summed E-state index contributed by atoms with van der Waals surface area (Å²) in [6, 6.07) is 6.35. The van der Waals surface area contributed by atoms with Gasteiger partial charge in [0.05, 0.1) is 4.99 Å². The average molecular weight is 208 g/mol. The van der Waals surface area contributed by atoms with E-state index in [4.69, 9.17) is 18.0 Å². The van der Waals surface area contributed by atoms with Gasteiger partial charge in [-0.05, 0) is 31.0 Å². The van der Waals surface area contributed by atoms with Crippen molar-refractivity contribution in [3.63, 3.8) is 0 Å². The Morgan fingerprint density at radius 2 is 2.14 bits per heavy atom. The molecule has 0 saturated carbocycles. The molecule has 1 rings (SSSR count). The van der Waals surface area contributed by atoms with Crippen LogP contribution in [0.1, 0.15) is 17.5 Å². The Balaban J connectivity index is 2.57. The van der Waals surface area contributed by atoms with Crippen LogP contribution >= 0.6 is 12.2 Å². The molecule has 0 heterocycles. The first-order chi connectivity index (χ1) is 6.59. The van der Waals surface area contributed by atoms with Gasteiger partial charge in [-0.1, -0.05) is 24.4 Å². The molecule has 0 bridgehead atoms. The van der Waals surface area contributed by atoms with E-state index in [1.807, 2.05) is 0 Å². The van der Waals surface area contributed by atoms with E-state index in [9.17, 15) is 0 Å². The van der Waals surface area contributed by atoms with Gasteiger partial charge in [0.15, 0.2) is 0 Å². The van der Waals surface area contributed by atoms with Crippen LogP contribution in [0.4, 0.5) is 5.69 Å². The maximum absolute atomic E-state index is 5.42. The number of hydrogen-bond donors (Lipinski definition) is 2. The highest BCUT2D eigenvalue weighted by Crippen LogP contribution is 2.15. The first-order valence-corrected chi connectivity index (χ1v) is 5.10. The predicted molar refractivity (Wildman–Crippen MR) is 65.8 cm³/mol. The Labute approximate surface area is 90.5 Å². The normalized spacial score (nSPS) is 9.86. The van der Waals surface area contributed by atoms with Crippen molar-refractivity contribution in [3.05, 3.63) is 29.3 Å². The van der Waals surface area contributed by atoms with Gasteiger partial charge in [0.25, 0.3) is 0 Å². The quantitative estimate of drug-likeness (QED) is 0.746. The molecule has 76 valence electrons. The molecule has 3 N–H and O–H groups in total. The van der Waals surface area contributed by atoms with Crippen LogP contribution in [0.5, 0.6) is 0 Å². The van der Waals surface area contributed by atoms with Crippen molar-refractivity contribution in [2.24, 2.45) is 5.73 Å². The lowest BCUT2D eigenvalue weighted by atomic mass is 10.1. The lowest BCUT2D eigenvalue weighted by Crippen LogP contribution is -2.14. The summed E-state index contributed by atoms with van der Waals surface area (Å²) in [5, 5.41) is 3.32. The number of hydrogen-bond acceptors (Lipinski definition) is 2. The SMILES string of the molecule is Cc1ccc(C)c(NCCC(N)=S)c1. The second-order valence-electron chi connectivity index (χ2n) is 3.46. The van der Waals surface area contributed by atoms with Crippen molar-refractivity contribution in [3.8, 4) is 0 Å². The van der Waals surface area contributed by atoms with Crippen LogP contribution < -0.4 is 11.1 Å². The molecule has 1 aromatic rings. The van der Waals surface area contributed by atoms with E-state index in [1.165, 1.54) is 16.8 Å². The smallest absolute Gasteiger partial charge is 0.0745 e. The topological polar surface area (TPSA) is 38.0 Å². The molecule has 0 aromatic heterocycles. The Kier molecular flexibility index (Phi) is 3.89. The fraction of sp³-hybridized carbons (Fsp3) is 0.364. The van der Waals surface area contributed by atoms with E-state index in [2.05, 4.69) is 37.4 Å². The van der Waals surface area contributed by atoms with E-state index >= 15 is 0 Å². The van der Waals surface area contributed by atoms with Crippen LogP contribution in [-0.4, -0.2) is 11.5 Å². The maximum Gasteiger partial charge on any atom is 0.0745 e. The molecule has 0 aliphatic rings. The average Bonchev–Trinajstić information content (AvgIpc) is 2.10. The van der Waals surface area contributed by atoms with Crippen molar-refractivity contribution in [2.75, 3.05) is 11.9 Å². The third-order valence-electron chi connectivity index (χ3n) is 2.08. The number of benzene rings is 1. The van der Waals surface area contributed by atoms with E-state index in [1.54, 1.807) is 0 Å². The van der Waals surface area contributed by atoms with Gasteiger partial charge >= 0.3 is 0 Å². The molecule has 1 aromatic carbocycles. The Hall–Kier alpha value is -1.09. The zero-order valence-electron chi connectivity index (χ0n) is 8.63. The van der Waals surface area contributed by atoms with E-state index in [0.29, 0.717) is 4.99 Å².